The summed E-state index contributed by atoms with van der Waals surface area (Å²) in [7, 11) is 0. The van der Waals surface area contributed by atoms with Gasteiger partial charge in [-0.15, -0.1) is 0 Å². The van der Waals surface area contributed by atoms with E-state index in [1.807, 2.05) is 41.5 Å². The first-order valence-corrected chi connectivity index (χ1v) is 6.28. The van der Waals surface area contributed by atoms with E-state index in [0.29, 0.717) is 5.75 Å². The van der Waals surface area contributed by atoms with Crippen molar-refractivity contribution in [3.63, 3.8) is 0 Å². The van der Waals surface area contributed by atoms with Crippen molar-refractivity contribution in [3.05, 3.63) is 23.3 Å². The molecule has 0 spiro atoms. The number of amides is 1. The summed E-state index contributed by atoms with van der Waals surface area (Å²) < 4.78 is 4.97. The molecule has 0 saturated heterocycles. The number of carbonyl (C=O) groups is 1. The third-order valence-corrected chi connectivity index (χ3v) is 2.92. The van der Waals surface area contributed by atoms with Crippen molar-refractivity contribution < 1.29 is 14.6 Å². The molecule has 0 atom stereocenters. The van der Waals surface area contributed by atoms with E-state index in [2.05, 4.69) is 0 Å². The Morgan fingerprint density at radius 1 is 1.05 bits per heavy atom. The summed E-state index contributed by atoms with van der Waals surface area (Å²) in [4.78, 5) is 10.9. The molecule has 0 aliphatic carbocycles. The number of nitrogens with two attached hydrogens (primary N) is 1. The van der Waals surface area contributed by atoms with E-state index in [-0.39, 0.29) is 16.6 Å². The van der Waals surface area contributed by atoms with Crippen molar-refractivity contribution in [2.45, 2.75) is 52.4 Å². The number of aromatic hydroxyl groups is 1. The minimum absolute atomic E-state index is 0.247. The largest absolute Gasteiger partial charge is 0.507 e. The lowest BCUT2D eigenvalue weighted by Crippen LogP contribution is -2.20. The quantitative estimate of drug-likeness (QED) is 0.817. The molecule has 1 amide bonds. The first-order valence-electron chi connectivity index (χ1n) is 6.28. The van der Waals surface area contributed by atoms with Crippen LogP contribution in [0, 0.1) is 0 Å². The van der Waals surface area contributed by atoms with Gasteiger partial charge in [-0.25, -0.2) is 4.79 Å². The fourth-order valence-electron chi connectivity index (χ4n) is 1.93. The number of rotatable bonds is 1. The molecule has 19 heavy (non-hydrogen) atoms. The van der Waals surface area contributed by atoms with E-state index < -0.39 is 6.09 Å². The number of benzene rings is 1. The Bertz CT molecular complexity index is 458. The molecule has 106 valence electrons. The third-order valence-electron chi connectivity index (χ3n) is 2.92. The molecule has 1 rings (SSSR count). The summed E-state index contributed by atoms with van der Waals surface area (Å²) in [6, 6.07) is 3.32. The summed E-state index contributed by atoms with van der Waals surface area (Å²) in [6.07, 6.45) is -0.856. The van der Waals surface area contributed by atoms with Gasteiger partial charge in [0.1, 0.15) is 11.5 Å². The number of carbonyl (C=O) groups excluding carboxylic acids is 1. The van der Waals surface area contributed by atoms with Crippen LogP contribution in [0.3, 0.4) is 0 Å². The van der Waals surface area contributed by atoms with Crippen molar-refractivity contribution in [1.29, 1.82) is 0 Å². The van der Waals surface area contributed by atoms with Gasteiger partial charge in [0, 0.05) is 11.1 Å². The number of hydrogen-bond acceptors (Lipinski definition) is 3. The minimum Gasteiger partial charge on any atom is -0.507 e. The maximum atomic E-state index is 10.9. The third kappa shape index (κ3) is 3.63. The topological polar surface area (TPSA) is 72.5 Å². The molecule has 1 aromatic rings. The number of phenols is 1. The molecule has 0 aliphatic heterocycles. The Labute approximate surface area is 114 Å². The zero-order valence-electron chi connectivity index (χ0n) is 12.5. The molecule has 3 N–H and O–H groups in total. The predicted molar refractivity (Wildman–Crippen MR) is 75.7 cm³/mol. The number of ether oxygens (including phenoxy) is 1. The second kappa shape index (κ2) is 4.76. The van der Waals surface area contributed by atoms with Crippen LogP contribution in [0.5, 0.6) is 11.5 Å². The van der Waals surface area contributed by atoms with Crippen LogP contribution in [0.4, 0.5) is 4.79 Å². The molecule has 0 aromatic heterocycles. The van der Waals surface area contributed by atoms with Gasteiger partial charge in [0.15, 0.2) is 0 Å². The molecule has 0 unspecified atom stereocenters. The van der Waals surface area contributed by atoms with Crippen molar-refractivity contribution >= 4 is 6.09 Å². The number of primary amides is 1. The minimum atomic E-state index is -0.856. The zero-order chi connectivity index (χ0) is 15.0. The van der Waals surface area contributed by atoms with Crippen LogP contribution in [-0.4, -0.2) is 11.2 Å². The smallest absolute Gasteiger partial charge is 0.409 e. The molecule has 4 nitrogen and oxygen atoms in total. The van der Waals surface area contributed by atoms with Crippen LogP contribution in [0.2, 0.25) is 0 Å². The van der Waals surface area contributed by atoms with Crippen LogP contribution in [0.15, 0.2) is 12.1 Å². The Kier molecular flexibility index (Phi) is 3.84. The second-order valence-electron chi connectivity index (χ2n) is 6.79. The SMILES string of the molecule is CC(C)(C)c1cc(OC(N)=O)cc(C(C)(C)C)c1O. The van der Waals surface area contributed by atoms with Crippen LogP contribution < -0.4 is 10.5 Å². The number of hydrogen-bond donors (Lipinski definition) is 2. The fourth-order valence-corrected chi connectivity index (χ4v) is 1.93. The summed E-state index contributed by atoms with van der Waals surface area (Å²) in [5.74, 6) is 0.608. The molecule has 0 aliphatic rings. The summed E-state index contributed by atoms with van der Waals surface area (Å²) >= 11 is 0. The van der Waals surface area contributed by atoms with E-state index in [0.717, 1.165) is 11.1 Å². The molecule has 0 radical (unpaired) electrons. The summed E-state index contributed by atoms with van der Waals surface area (Å²) in [5, 5.41) is 10.4. The van der Waals surface area contributed by atoms with E-state index in [9.17, 15) is 9.90 Å². The summed E-state index contributed by atoms with van der Waals surface area (Å²) in [5.41, 5.74) is 6.00. The normalized spacial score (nSPS) is 12.3. The lowest BCUT2D eigenvalue weighted by Gasteiger charge is -2.27. The Morgan fingerprint density at radius 2 is 1.42 bits per heavy atom. The first-order chi connectivity index (χ1) is 8.43. The molecule has 0 bridgehead atoms. The maximum Gasteiger partial charge on any atom is 0.409 e. The van der Waals surface area contributed by atoms with Gasteiger partial charge in [0.05, 0.1) is 0 Å². The zero-order valence-corrected chi connectivity index (χ0v) is 12.5. The molecule has 4 heteroatoms. The van der Waals surface area contributed by atoms with Gasteiger partial charge in [0.25, 0.3) is 0 Å². The van der Waals surface area contributed by atoms with Crippen molar-refractivity contribution in [3.8, 4) is 11.5 Å². The first kappa shape index (κ1) is 15.3. The average molecular weight is 265 g/mol. The van der Waals surface area contributed by atoms with Crippen LogP contribution >= 0.6 is 0 Å². The molecule has 0 fully saturated rings. The van der Waals surface area contributed by atoms with Crippen molar-refractivity contribution in [2.75, 3.05) is 0 Å². The lowest BCUT2D eigenvalue weighted by atomic mass is 9.79. The average Bonchev–Trinajstić information content (AvgIpc) is 2.16. The van der Waals surface area contributed by atoms with Gasteiger partial charge < -0.3 is 15.6 Å². The maximum absolute atomic E-state index is 10.9. The van der Waals surface area contributed by atoms with Crippen LogP contribution in [0.25, 0.3) is 0 Å². The van der Waals surface area contributed by atoms with Gasteiger partial charge in [0.2, 0.25) is 0 Å². The Morgan fingerprint density at radius 3 is 1.68 bits per heavy atom. The monoisotopic (exact) mass is 265 g/mol. The van der Waals surface area contributed by atoms with Gasteiger partial charge >= 0.3 is 6.09 Å². The highest BCUT2D eigenvalue weighted by molar-refractivity contribution is 5.69. The van der Waals surface area contributed by atoms with Gasteiger partial charge in [-0.2, -0.15) is 0 Å². The number of phenolic OH excluding ortho intramolecular Hbond substituents is 1. The molecule has 1 aromatic carbocycles. The predicted octanol–water partition coefficient (Wildman–Crippen LogP) is 3.44. The van der Waals surface area contributed by atoms with Crippen molar-refractivity contribution in [1.82, 2.24) is 0 Å². The highest BCUT2D eigenvalue weighted by Gasteiger charge is 2.27. The van der Waals surface area contributed by atoms with E-state index in [1.165, 1.54) is 0 Å². The molecule has 0 heterocycles. The Hall–Kier alpha value is -1.71. The lowest BCUT2D eigenvalue weighted by molar-refractivity contribution is 0.210. The second-order valence-corrected chi connectivity index (χ2v) is 6.79. The van der Waals surface area contributed by atoms with Crippen molar-refractivity contribution in [2.24, 2.45) is 5.73 Å². The van der Waals surface area contributed by atoms with Crippen LogP contribution in [-0.2, 0) is 10.8 Å². The molecular weight excluding hydrogens is 242 g/mol. The van der Waals surface area contributed by atoms with Crippen LogP contribution in [0.1, 0.15) is 52.7 Å². The summed E-state index contributed by atoms with van der Waals surface area (Å²) in [6.45, 7) is 11.9. The highest BCUT2D eigenvalue weighted by Crippen LogP contribution is 2.41. The highest BCUT2D eigenvalue weighted by atomic mass is 16.5. The standard InChI is InChI=1S/C15H23NO3/c1-14(2,3)10-7-9(19-13(16)18)8-11(12(10)17)15(4,5)6/h7-8,17H,1-6H3,(H2,16,18). The van der Waals surface area contributed by atoms with Gasteiger partial charge in [-0.3, -0.25) is 0 Å². The van der Waals surface area contributed by atoms with Gasteiger partial charge in [-0.05, 0) is 23.0 Å². The fraction of sp³-hybridized carbons (Fsp3) is 0.533. The Balaban J connectivity index is 3.52. The molecule has 0 saturated carbocycles. The van der Waals surface area contributed by atoms with E-state index in [1.54, 1.807) is 12.1 Å². The molecular formula is C15H23NO3. The van der Waals surface area contributed by atoms with Gasteiger partial charge in [-0.1, -0.05) is 41.5 Å². The van der Waals surface area contributed by atoms with E-state index in [4.69, 9.17) is 10.5 Å². The van der Waals surface area contributed by atoms with E-state index >= 15 is 0 Å².